The zero-order chi connectivity index (χ0) is 17.0. The summed E-state index contributed by atoms with van der Waals surface area (Å²) in [4.78, 5) is 0. The summed E-state index contributed by atoms with van der Waals surface area (Å²) in [6.45, 7) is 0. The average molecular weight is 399 g/mol. The van der Waals surface area contributed by atoms with Crippen LogP contribution in [0.1, 0.15) is 0 Å². The Bertz CT molecular complexity index is 759. The average Bonchev–Trinajstić information content (AvgIpc) is 2.72. The molecule has 0 nitrogen and oxygen atoms in total. The van der Waals surface area contributed by atoms with Gasteiger partial charge < -0.3 is 0 Å². The van der Waals surface area contributed by atoms with E-state index in [0.29, 0.717) is 0 Å². The predicted octanol–water partition coefficient (Wildman–Crippen LogP) is 4.04. The molecule has 0 aliphatic heterocycles. The van der Waals surface area contributed by atoms with Gasteiger partial charge in [-0.25, -0.2) is 0 Å². The van der Waals surface area contributed by atoms with Crippen LogP contribution in [0, 0.1) is 0 Å². The van der Waals surface area contributed by atoms with Crippen molar-refractivity contribution in [1.82, 2.24) is 0 Å². The molecule has 0 saturated carbocycles. The summed E-state index contributed by atoms with van der Waals surface area (Å²) in [5.74, 6) is 0. The number of rotatable bonds is 4. The van der Waals surface area contributed by atoms with Gasteiger partial charge in [0, 0.05) is 16.5 Å². The molecule has 0 aliphatic carbocycles. The van der Waals surface area contributed by atoms with E-state index < -0.39 is 7.26 Å². The van der Waals surface area contributed by atoms with Crippen LogP contribution in [0.3, 0.4) is 0 Å². The Morgan fingerprint density at radius 2 is 0.500 bits per heavy atom. The first kappa shape index (κ1) is 18.6. The molecule has 0 fully saturated rings. The standard InChI is InChI=1S/C24H21P.Ni/c1-5-13-21(14-6-1)25(22-15-7-2-8-16-22,23-17-9-3-10-18-23)24-19-11-4-12-20-24;/h1-20,25H;. The van der Waals surface area contributed by atoms with Crippen LogP contribution < -0.4 is 21.2 Å². The summed E-state index contributed by atoms with van der Waals surface area (Å²) in [5.41, 5.74) is 0. The molecule has 0 radical (unpaired) electrons. The zero-order valence-electron chi connectivity index (χ0n) is 14.4. The molecule has 4 aromatic rings. The number of hydrogen-bond donors (Lipinski definition) is 0. The van der Waals surface area contributed by atoms with E-state index in [4.69, 9.17) is 0 Å². The third-order valence-electron chi connectivity index (χ3n) is 4.83. The second-order valence-corrected chi connectivity index (χ2v) is 10.0. The van der Waals surface area contributed by atoms with Crippen molar-refractivity contribution >= 4 is 28.5 Å². The van der Waals surface area contributed by atoms with E-state index >= 15 is 0 Å². The summed E-state index contributed by atoms with van der Waals surface area (Å²) in [6, 6.07) is 44.0. The zero-order valence-corrected chi connectivity index (χ0v) is 16.4. The molecule has 0 heterocycles. The quantitative estimate of drug-likeness (QED) is 0.359. The van der Waals surface area contributed by atoms with Gasteiger partial charge in [0.05, 0.1) is 0 Å². The van der Waals surface area contributed by atoms with Crippen LogP contribution >= 0.6 is 7.26 Å². The molecule has 0 saturated heterocycles. The number of benzene rings is 4. The Hall–Kier alpha value is -2.20. The predicted molar refractivity (Wildman–Crippen MR) is 113 cm³/mol. The number of hydrogen-bond acceptors (Lipinski definition) is 0. The van der Waals surface area contributed by atoms with Gasteiger partial charge in [-0.1, -0.05) is 0 Å². The van der Waals surface area contributed by atoms with Gasteiger partial charge in [-0.05, 0) is 0 Å². The first-order valence-electron chi connectivity index (χ1n) is 8.64. The first-order chi connectivity index (χ1) is 12.4. The second-order valence-electron chi connectivity index (χ2n) is 6.21. The van der Waals surface area contributed by atoms with Crippen LogP contribution in [0.25, 0.3) is 0 Å². The molecular weight excluding hydrogens is 378 g/mol. The molecule has 0 N–H and O–H groups in total. The van der Waals surface area contributed by atoms with Crippen molar-refractivity contribution < 1.29 is 16.5 Å². The minimum atomic E-state index is -2.30. The van der Waals surface area contributed by atoms with Crippen LogP contribution in [0.4, 0.5) is 0 Å². The first-order valence-corrected chi connectivity index (χ1v) is 10.6. The molecule has 0 amide bonds. The van der Waals surface area contributed by atoms with Gasteiger partial charge >= 0.3 is 150 Å². The normalized spacial score (nSPS) is 11.4. The summed E-state index contributed by atoms with van der Waals surface area (Å²) in [5, 5.41) is 5.66. The van der Waals surface area contributed by atoms with Gasteiger partial charge in [0.25, 0.3) is 0 Å². The maximum absolute atomic E-state index is 2.30. The van der Waals surface area contributed by atoms with E-state index in [2.05, 4.69) is 121 Å². The fourth-order valence-corrected chi connectivity index (χ4v) is 8.52. The van der Waals surface area contributed by atoms with Crippen LogP contribution in [0.2, 0.25) is 0 Å². The monoisotopic (exact) mass is 398 g/mol. The molecule has 2 heteroatoms. The Morgan fingerprint density at radius 3 is 0.692 bits per heavy atom. The summed E-state index contributed by atoms with van der Waals surface area (Å²) in [7, 11) is -2.30. The van der Waals surface area contributed by atoms with E-state index in [9.17, 15) is 0 Å². The van der Waals surface area contributed by atoms with Crippen LogP contribution in [-0.2, 0) is 16.5 Å². The Kier molecular flexibility index (Phi) is 6.05. The molecule has 0 unspecified atom stereocenters. The molecular formula is C24H21NiP. The Morgan fingerprint density at radius 1 is 0.308 bits per heavy atom. The van der Waals surface area contributed by atoms with Gasteiger partial charge in [0.2, 0.25) is 0 Å². The third kappa shape index (κ3) is 3.26. The van der Waals surface area contributed by atoms with E-state index in [-0.39, 0.29) is 16.5 Å². The molecule has 0 aliphatic rings. The van der Waals surface area contributed by atoms with Gasteiger partial charge in [0.1, 0.15) is 0 Å². The fourth-order valence-electron chi connectivity index (χ4n) is 3.75. The fraction of sp³-hybridized carbons (Fsp3) is 0. The molecule has 0 atom stereocenters. The van der Waals surface area contributed by atoms with Gasteiger partial charge in [-0.15, -0.1) is 0 Å². The Balaban J connectivity index is 0.00000196. The minimum absolute atomic E-state index is 0. The van der Waals surface area contributed by atoms with Crippen molar-refractivity contribution in [3.8, 4) is 0 Å². The summed E-state index contributed by atoms with van der Waals surface area (Å²) >= 11 is 0. The van der Waals surface area contributed by atoms with Crippen molar-refractivity contribution in [1.29, 1.82) is 0 Å². The van der Waals surface area contributed by atoms with Crippen LogP contribution in [0.5, 0.6) is 0 Å². The Labute approximate surface area is 166 Å². The van der Waals surface area contributed by atoms with Crippen molar-refractivity contribution in [2.45, 2.75) is 0 Å². The van der Waals surface area contributed by atoms with E-state index in [1.807, 2.05) is 0 Å². The summed E-state index contributed by atoms with van der Waals surface area (Å²) in [6.07, 6.45) is 0. The van der Waals surface area contributed by atoms with Crippen molar-refractivity contribution in [3.63, 3.8) is 0 Å². The molecule has 0 aromatic heterocycles. The van der Waals surface area contributed by atoms with Gasteiger partial charge in [-0.2, -0.15) is 0 Å². The van der Waals surface area contributed by atoms with Gasteiger partial charge in [-0.3, -0.25) is 0 Å². The SMILES string of the molecule is [Ni].c1ccc([PH](c2ccccc2)(c2ccccc2)c2ccccc2)cc1. The van der Waals surface area contributed by atoms with E-state index in [1.165, 1.54) is 21.2 Å². The molecule has 4 aromatic carbocycles. The van der Waals surface area contributed by atoms with Gasteiger partial charge in [0.15, 0.2) is 0 Å². The topological polar surface area (TPSA) is 0 Å². The molecule has 0 spiro atoms. The third-order valence-corrected chi connectivity index (χ3v) is 9.62. The molecule has 132 valence electrons. The van der Waals surface area contributed by atoms with E-state index in [0.717, 1.165) is 0 Å². The van der Waals surface area contributed by atoms with Crippen LogP contribution in [-0.4, -0.2) is 0 Å². The molecule has 26 heavy (non-hydrogen) atoms. The summed E-state index contributed by atoms with van der Waals surface area (Å²) < 4.78 is 0. The van der Waals surface area contributed by atoms with E-state index in [1.54, 1.807) is 0 Å². The van der Waals surface area contributed by atoms with Crippen molar-refractivity contribution in [3.05, 3.63) is 121 Å². The maximum atomic E-state index is 2.29. The molecule has 0 bridgehead atoms. The second kappa shape index (κ2) is 8.46. The van der Waals surface area contributed by atoms with Crippen molar-refractivity contribution in [2.24, 2.45) is 0 Å². The van der Waals surface area contributed by atoms with Crippen molar-refractivity contribution in [2.75, 3.05) is 0 Å². The van der Waals surface area contributed by atoms with Crippen LogP contribution in [0.15, 0.2) is 121 Å². The molecule has 4 rings (SSSR count).